The van der Waals surface area contributed by atoms with Gasteiger partial charge in [0, 0.05) is 19.0 Å². The average molecular weight is 252 g/mol. The SMILES string of the molecule is COc1cnn(CCN(C)C)c1C1CCCNC1. The van der Waals surface area contributed by atoms with Gasteiger partial charge < -0.3 is 15.0 Å². The second kappa shape index (κ2) is 6.20. The molecule has 2 heterocycles. The highest BCUT2D eigenvalue weighted by atomic mass is 16.5. The first-order valence-electron chi connectivity index (χ1n) is 6.67. The summed E-state index contributed by atoms with van der Waals surface area (Å²) < 4.78 is 7.57. The molecule has 0 radical (unpaired) electrons. The van der Waals surface area contributed by atoms with Gasteiger partial charge in [-0.05, 0) is 33.5 Å². The van der Waals surface area contributed by atoms with Gasteiger partial charge in [-0.3, -0.25) is 4.68 Å². The third-order valence-corrected chi connectivity index (χ3v) is 3.51. The number of piperidine rings is 1. The molecular formula is C13H24N4O. The Hall–Kier alpha value is -1.07. The zero-order valence-corrected chi connectivity index (χ0v) is 11.6. The van der Waals surface area contributed by atoms with Crippen molar-refractivity contribution in [3.05, 3.63) is 11.9 Å². The van der Waals surface area contributed by atoms with E-state index in [4.69, 9.17) is 4.74 Å². The largest absolute Gasteiger partial charge is 0.493 e. The predicted molar refractivity (Wildman–Crippen MR) is 72.2 cm³/mol. The fourth-order valence-electron chi connectivity index (χ4n) is 2.50. The Morgan fingerprint density at radius 2 is 2.39 bits per heavy atom. The smallest absolute Gasteiger partial charge is 0.160 e. The third kappa shape index (κ3) is 3.03. The summed E-state index contributed by atoms with van der Waals surface area (Å²) in [4.78, 5) is 2.18. The third-order valence-electron chi connectivity index (χ3n) is 3.51. The molecule has 1 aromatic rings. The second-order valence-electron chi connectivity index (χ2n) is 5.17. The van der Waals surface area contributed by atoms with Gasteiger partial charge in [-0.1, -0.05) is 0 Å². The Labute approximate surface area is 109 Å². The molecule has 1 aliphatic heterocycles. The molecule has 102 valence electrons. The first-order chi connectivity index (χ1) is 8.72. The van der Waals surface area contributed by atoms with Crippen LogP contribution in [0.2, 0.25) is 0 Å². The van der Waals surface area contributed by atoms with Crippen LogP contribution >= 0.6 is 0 Å². The van der Waals surface area contributed by atoms with Gasteiger partial charge in [0.1, 0.15) is 0 Å². The summed E-state index contributed by atoms with van der Waals surface area (Å²) >= 11 is 0. The minimum absolute atomic E-state index is 0.526. The normalized spacial score (nSPS) is 20.3. The monoisotopic (exact) mass is 252 g/mol. The van der Waals surface area contributed by atoms with Crippen molar-refractivity contribution < 1.29 is 4.74 Å². The lowest BCUT2D eigenvalue weighted by Gasteiger charge is -2.24. The number of ether oxygens (including phenoxy) is 1. The summed E-state index contributed by atoms with van der Waals surface area (Å²) in [6, 6.07) is 0. The van der Waals surface area contributed by atoms with E-state index in [0.717, 1.165) is 31.9 Å². The topological polar surface area (TPSA) is 42.3 Å². The van der Waals surface area contributed by atoms with Gasteiger partial charge in [0.25, 0.3) is 0 Å². The van der Waals surface area contributed by atoms with E-state index in [1.807, 2.05) is 6.20 Å². The van der Waals surface area contributed by atoms with Crippen LogP contribution in [0.4, 0.5) is 0 Å². The molecule has 5 nitrogen and oxygen atoms in total. The molecule has 0 spiro atoms. The van der Waals surface area contributed by atoms with Crippen molar-refractivity contribution in [2.75, 3.05) is 40.8 Å². The van der Waals surface area contributed by atoms with E-state index in [0.29, 0.717) is 5.92 Å². The molecule has 1 N–H and O–H groups in total. The van der Waals surface area contributed by atoms with E-state index in [1.54, 1.807) is 7.11 Å². The van der Waals surface area contributed by atoms with Crippen LogP contribution in [0.25, 0.3) is 0 Å². The fraction of sp³-hybridized carbons (Fsp3) is 0.769. The lowest BCUT2D eigenvalue weighted by Crippen LogP contribution is -2.30. The fourth-order valence-corrected chi connectivity index (χ4v) is 2.50. The highest BCUT2D eigenvalue weighted by Gasteiger charge is 2.23. The van der Waals surface area contributed by atoms with Gasteiger partial charge in [0.15, 0.2) is 5.75 Å². The van der Waals surface area contributed by atoms with Crippen LogP contribution in [0.1, 0.15) is 24.5 Å². The summed E-state index contributed by atoms with van der Waals surface area (Å²) in [6.45, 7) is 4.08. The molecule has 2 rings (SSSR count). The summed E-state index contributed by atoms with van der Waals surface area (Å²) in [6.07, 6.45) is 4.29. The molecule has 1 saturated heterocycles. The molecule has 1 fully saturated rings. The Kier molecular flexibility index (Phi) is 4.60. The summed E-state index contributed by atoms with van der Waals surface area (Å²) in [5.74, 6) is 1.46. The van der Waals surface area contributed by atoms with Crippen molar-refractivity contribution in [1.82, 2.24) is 20.0 Å². The molecule has 0 bridgehead atoms. The van der Waals surface area contributed by atoms with E-state index < -0.39 is 0 Å². The standard InChI is InChI=1S/C13H24N4O/c1-16(2)7-8-17-13(12(18-3)10-15-17)11-5-4-6-14-9-11/h10-11,14H,4-9H2,1-3H3. The molecular weight excluding hydrogens is 228 g/mol. The molecule has 0 aliphatic carbocycles. The van der Waals surface area contributed by atoms with Gasteiger partial charge in [-0.25, -0.2) is 0 Å². The molecule has 0 saturated carbocycles. The minimum atomic E-state index is 0.526. The number of methoxy groups -OCH3 is 1. The average Bonchev–Trinajstić information content (AvgIpc) is 2.80. The van der Waals surface area contributed by atoms with Crippen LogP contribution < -0.4 is 10.1 Å². The van der Waals surface area contributed by atoms with Crippen molar-refractivity contribution in [2.45, 2.75) is 25.3 Å². The number of hydrogen-bond donors (Lipinski definition) is 1. The second-order valence-corrected chi connectivity index (χ2v) is 5.17. The van der Waals surface area contributed by atoms with Gasteiger partial charge in [-0.2, -0.15) is 5.10 Å². The molecule has 1 atom stereocenters. The van der Waals surface area contributed by atoms with Crippen LogP contribution in [0.5, 0.6) is 5.75 Å². The zero-order chi connectivity index (χ0) is 13.0. The Morgan fingerprint density at radius 1 is 1.56 bits per heavy atom. The van der Waals surface area contributed by atoms with Gasteiger partial charge in [-0.15, -0.1) is 0 Å². The number of hydrogen-bond acceptors (Lipinski definition) is 4. The summed E-state index contributed by atoms with van der Waals surface area (Å²) in [5, 5.41) is 7.93. The first kappa shape index (κ1) is 13.4. The Balaban J connectivity index is 2.15. The molecule has 0 amide bonds. The summed E-state index contributed by atoms with van der Waals surface area (Å²) in [7, 11) is 5.90. The summed E-state index contributed by atoms with van der Waals surface area (Å²) in [5.41, 5.74) is 1.26. The lowest BCUT2D eigenvalue weighted by molar-refractivity contribution is 0.350. The maximum Gasteiger partial charge on any atom is 0.160 e. The van der Waals surface area contributed by atoms with Crippen molar-refractivity contribution in [3.8, 4) is 5.75 Å². The quantitative estimate of drug-likeness (QED) is 0.846. The van der Waals surface area contributed by atoms with Crippen molar-refractivity contribution in [2.24, 2.45) is 0 Å². The molecule has 18 heavy (non-hydrogen) atoms. The zero-order valence-electron chi connectivity index (χ0n) is 11.6. The van der Waals surface area contributed by atoms with E-state index in [2.05, 4.69) is 34.1 Å². The van der Waals surface area contributed by atoms with Crippen LogP contribution in [-0.4, -0.2) is 55.5 Å². The van der Waals surface area contributed by atoms with Gasteiger partial charge >= 0.3 is 0 Å². The van der Waals surface area contributed by atoms with Gasteiger partial charge in [0.2, 0.25) is 0 Å². The predicted octanol–water partition coefficient (Wildman–Crippen LogP) is 0.920. The molecule has 5 heteroatoms. The molecule has 1 unspecified atom stereocenters. The maximum atomic E-state index is 5.46. The van der Waals surface area contributed by atoms with Gasteiger partial charge in [0.05, 0.1) is 25.5 Å². The van der Waals surface area contributed by atoms with Crippen LogP contribution in [0.15, 0.2) is 6.20 Å². The number of nitrogens with zero attached hydrogens (tertiary/aromatic N) is 3. The number of rotatable bonds is 5. The number of aromatic nitrogens is 2. The van der Waals surface area contributed by atoms with E-state index in [9.17, 15) is 0 Å². The lowest BCUT2D eigenvalue weighted by atomic mass is 9.95. The van der Waals surface area contributed by atoms with E-state index in [1.165, 1.54) is 18.5 Å². The highest BCUT2D eigenvalue weighted by Crippen LogP contribution is 2.30. The van der Waals surface area contributed by atoms with Crippen molar-refractivity contribution in [1.29, 1.82) is 0 Å². The van der Waals surface area contributed by atoms with Crippen molar-refractivity contribution >= 4 is 0 Å². The minimum Gasteiger partial charge on any atom is -0.493 e. The van der Waals surface area contributed by atoms with Crippen LogP contribution in [-0.2, 0) is 6.54 Å². The molecule has 1 aromatic heterocycles. The number of nitrogens with one attached hydrogen (secondary N) is 1. The Morgan fingerprint density at radius 3 is 3.00 bits per heavy atom. The highest BCUT2D eigenvalue weighted by molar-refractivity contribution is 5.29. The van der Waals surface area contributed by atoms with Crippen LogP contribution in [0, 0.1) is 0 Å². The molecule has 1 aliphatic rings. The molecule has 0 aromatic carbocycles. The number of likely N-dealkylation sites (N-methyl/N-ethyl adjacent to an activating group) is 1. The van der Waals surface area contributed by atoms with Crippen LogP contribution in [0.3, 0.4) is 0 Å². The van der Waals surface area contributed by atoms with E-state index >= 15 is 0 Å². The van der Waals surface area contributed by atoms with E-state index in [-0.39, 0.29) is 0 Å². The Bertz CT molecular complexity index is 369. The first-order valence-corrected chi connectivity index (χ1v) is 6.67. The van der Waals surface area contributed by atoms with Crippen molar-refractivity contribution in [3.63, 3.8) is 0 Å². The maximum absolute atomic E-state index is 5.46.